The number of aromatic nitrogens is 1. The highest BCUT2D eigenvalue weighted by molar-refractivity contribution is 9.10. The fraction of sp³-hybridized carbons (Fsp3) is 0.429. The smallest absolute Gasteiger partial charge is 0.0603 e. The van der Waals surface area contributed by atoms with Crippen molar-refractivity contribution in [2.45, 2.75) is 31.7 Å². The van der Waals surface area contributed by atoms with E-state index in [1.165, 1.54) is 47.8 Å². The Morgan fingerprint density at radius 2 is 2.24 bits per heavy atom. The van der Waals surface area contributed by atoms with Crippen LogP contribution in [0, 0.1) is 0 Å². The van der Waals surface area contributed by atoms with Crippen molar-refractivity contribution in [2.24, 2.45) is 0 Å². The Balaban J connectivity index is 2.27. The average molecular weight is 293 g/mol. The van der Waals surface area contributed by atoms with Gasteiger partial charge in [0.1, 0.15) is 0 Å². The molecule has 0 spiro atoms. The summed E-state index contributed by atoms with van der Waals surface area (Å²) < 4.78 is 1.16. The van der Waals surface area contributed by atoms with Crippen molar-refractivity contribution < 1.29 is 0 Å². The van der Waals surface area contributed by atoms with Gasteiger partial charge in [-0.15, -0.1) is 0 Å². The van der Waals surface area contributed by atoms with Crippen molar-refractivity contribution in [1.29, 1.82) is 0 Å². The van der Waals surface area contributed by atoms with Gasteiger partial charge in [-0.1, -0.05) is 18.6 Å². The minimum absolute atomic E-state index is 0.496. The number of fused-ring (bicyclic) bond motifs is 3. The zero-order valence-electron chi connectivity index (χ0n) is 10.0. The number of hydrogen-bond donors (Lipinski definition) is 2. The number of H-pyrrole nitrogens is 1. The van der Waals surface area contributed by atoms with Crippen molar-refractivity contribution >= 4 is 26.8 Å². The quantitative estimate of drug-likeness (QED) is 0.766. The lowest BCUT2D eigenvalue weighted by Crippen LogP contribution is -2.15. The molecule has 0 amide bonds. The first-order chi connectivity index (χ1) is 8.31. The summed E-state index contributed by atoms with van der Waals surface area (Å²) in [5.41, 5.74) is 4.16. The van der Waals surface area contributed by atoms with Crippen LogP contribution in [0.15, 0.2) is 22.7 Å². The lowest BCUT2D eigenvalue weighted by Gasteiger charge is -2.14. The predicted octanol–water partition coefficient (Wildman–Crippen LogP) is 3.92. The van der Waals surface area contributed by atoms with Gasteiger partial charge in [0, 0.05) is 21.6 Å². The summed E-state index contributed by atoms with van der Waals surface area (Å²) in [4.78, 5) is 3.60. The molecule has 1 heterocycles. The van der Waals surface area contributed by atoms with Crippen molar-refractivity contribution in [3.05, 3.63) is 33.9 Å². The Morgan fingerprint density at radius 1 is 1.35 bits per heavy atom. The number of aromatic amines is 1. The Labute approximate surface area is 110 Å². The second kappa shape index (κ2) is 4.46. The molecule has 3 heteroatoms. The van der Waals surface area contributed by atoms with Crippen LogP contribution in [0.3, 0.4) is 0 Å². The maximum Gasteiger partial charge on any atom is 0.0603 e. The van der Waals surface area contributed by atoms with Crippen LogP contribution in [0.5, 0.6) is 0 Å². The highest BCUT2D eigenvalue weighted by Crippen LogP contribution is 2.36. The second-order valence-corrected chi connectivity index (χ2v) is 5.62. The molecule has 2 aromatic rings. The molecule has 17 heavy (non-hydrogen) atoms. The van der Waals surface area contributed by atoms with Crippen LogP contribution in [0.4, 0.5) is 0 Å². The third-order valence-electron chi connectivity index (χ3n) is 3.77. The third kappa shape index (κ3) is 1.81. The first-order valence-corrected chi connectivity index (χ1v) is 7.07. The zero-order chi connectivity index (χ0) is 11.8. The Kier molecular flexibility index (Phi) is 2.97. The van der Waals surface area contributed by atoms with Gasteiger partial charge in [0.2, 0.25) is 0 Å². The van der Waals surface area contributed by atoms with E-state index in [4.69, 9.17) is 0 Å². The van der Waals surface area contributed by atoms with Crippen LogP contribution in [0.25, 0.3) is 10.9 Å². The van der Waals surface area contributed by atoms with E-state index < -0.39 is 0 Å². The Bertz CT molecular complexity index is 544. The van der Waals surface area contributed by atoms with Crippen LogP contribution >= 0.6 is 15.9 Å². The summed E-state index contributed by atoms with van der Waals surface area (Å²) in [5, 5.41) is 4.83. The minimum atomic E-state index is 0.496. The molecular weight excluding hydrogens is 276 g/mol. The fourth-order valence-corrected chi connectivity index (χ4v) is 3.40. The molecule has 0 saturated carbocycles. The van der Waals surface area contributed by atoms with Crippen LogP contribution in [-0.4, -0.2) is 12.0 Å². The fourth-order valence-electron chi connectivity index (χ4n) is 2.93. The van der Waals surface area contributed by atoms with E-state index in [9.17, 15) is 0 Å². The Morgan fingerprint density at radius 3 is 3.06 bits per heavy atom. The standard InChI is InChI=1S/C14H17BrN2/c1-16-11-7-2-3-8-12-13(11)9-5-4-6-10(15)14(9)17-12/h4-6,11,16-17H,2-3,7-8H2,1H3. The summed E-state index contributed by atoms with van der Waals surface area (Å²) in [7, 11) is 2.07. The van der Waals surface area contributed by atoms with Crippen molar-refractivity contribution in [1.82, 2.24) is 10.3 Å². The average Bonchev–Trinajstić information content (AvgIpc) is 2.59. The molecule has 1 aromatic heterocycles. The highest BCUT2D eigenvalue weighted by atomic mass is 79.9. The van der Waals surface area contributed by atoms with E-state index in [-0.39, 0.29) is 0 Å². The molecule has 90 valence electrons. The first kappa shape index (κ1) is 11.3. The minimum Gasteiger partial charge on any atom is -0.357 e. The zero-order valence-corrected chi connectivity index (χ0v) is 11.6. The molecule has 0 bridgehead atoms. The summed E-state index contributed by atoms with van der Waals surface area (Å²) in [6.07, 6.45) is 5.01. The summed E-state index contributed by atoms with van der Waals surface area (Å²) >= 11 is 3.63. The second-order valence-electron chi connectivity index (χ2n) is 4.77. The van der Waals surface area contributed by atoms with E-state index in [1.807, 2.05) is 0 Å². The van der Waals surface area contributed by atoms with Gasteiger partial charge in [-0.05, 0) is 53.9 Å². The summed E-state index contributed by atoms with van der Waals surface area (Å²) in [5.74, 6) is 0. The van der Waals surface area contributed by atoms with Gasteiger partial charge >= 0.3 is 0 Å². The summed E-state index contributed by atoms with van der Waals surface area (Å²) in [6, 6.07) is 6.95. The van der Waals surface area contributed by atoms with Gasteiger partial charge < -0.3 is 10.3 Å². The number of para-hydroxylation sites is 1. The summed E-state index contributed by atoms with van der Waals surface area (Å²) in [6.45, 7) is 0. The number of benzene rings is 1. The Hall–Kier alpha value is -0.800. The first-order valence-electron chi connectivity index (χ1n) is 6.27. The number of halogens is 1. The molecule has 1 unspecified atom stereocenters. The molecule has 0 radical (unpaired) electrons. The van der Waals surface area contributed by atoms with Crippen molar-refractivity contribution in [3.8, 4) is 0 Å². The molecular formula is C14H17BrN2. The third-order valence-corrected chi connectivity index (χ3v) is 4.43. The predicted molar refractivity (Wildman–Crippen MR) is 75.4 cm³/mol. The van der Waals surface area contributed by atoms with Crippen LogP contribution < -0.4 is 5.32 Å². The molecule has 1 atom stereocenters. The van der Waals surface area contributed by atoms with Crippen molar-refractivity contribution in [3.63, 3.8) is 0 Å². The topological polar surface area (TPSA) is 27.8 Å². The maximum atomic E-state index is 3.63. The maximum absolute atomic E-state index is 3.63. The lowest BCUT2D eigenvalue weighted by molar-refractivity contribution is 0.536. The molecule has 1 aromatic carbocycles. The van der Waals surface area contributed by atoms with Gasteiger partial charge in [0.05, 0.1) is 5.52 Å². The molecule has 0 saturated heterocycles. The number of aryl methyl sites for hydroxylation is 1. The lowest BCUT2D eigenvalue weighted by atomic mass is 10.0. The molecule has 2 nitrogen and oxygen atoms in total. The van der Waals surface area contributed by atoms with E-state index in [1.54, 1.807) is 0 Å². The molecule has 3 rings (SSSR count). The van der Waals surface area contributed by atoms with Crippen molar-refractivity contribution in [2.75, 3.05) is 7.05 Å². The SMILES string of the molecule is CNC1CCCCc2[nH]c3c(Br)cccc3c21. The van der Waals surface area contributed by atoms with E-state index in [0.29, 0.717) is 6.04 Å². The van der Waals surface area contributed by atoms with E-state index >= 15 is 0 Å². The molecule has 1 aliphatic rings. The molecule has 0 fully saturated rings. The monoisotopic (exact) mass is 292 g/mol. The van der Waals surface area contributed by atoms with Gasteiger partial charge in [0.25, 0.3) is 0 Å². The number of nitrogens with one attached hydrogen (secondary N) is 2. The van der Waals surface area contributed by atoms with Crippen LogP contribution in [0.1, 0.15) is 36.6 Å². The van der Waals surface area contributed by atoms with Gasteiger partial charge in [0.15, 0.2) is 0 Å². The normalized spacial score (nSPS) is 20.2. The number of rotatable bonds is 1. The largest absolute Gasteiger partial charge is 0.357 e. The molecule has 1 aliphatic carbocycles. The number of hydrogen-bond acceptors (Lipinski definition) is 1. The van der Waals surface area contributed by atoms with E-state index in [0.717, 1.165) is 4.47 Å². The highest BCUT2D eigenvalue weighted by Gasteiger charge is 2.22. The molecule has 2 N–H and O–H groups in total. The van der Waals surface area contributed by atoms with Gasteiger partial charge in [-0.25, -0.2) is 0 Å². The van der Waals surface area contributed by atoms with Crippen LogP contribution in [-0.2, 0) is 6.42 Å². The van der Waals surface area contributed by atoms with Crippen LogP contribution in [0.2, 0.25) is 0 Å². The van der Waals surface area contributed by atoms with E-state index in [2.05, 4.69) is 51.5 Å². The van der Waals surface area contributed by atoms with Gasteiger partial charge in [-0.3, -0.25) is 0 Å². The molecule has 0 aliphatic heterocycles. The van der Waals surface area contributed by atoms with Gasteiger partial charge in [-0.2, -0.15) is 0 Å².